The van der Waals surface area contributed by atoms with E-state index in [1.54, 1.807) is 0 Å². The third-order valence-electron chi connectivity index (χ3n) is 4.13. The van der Waals surface area contributed by atoms with Gasteiger partial charge in [0, 0.05) is 23.2 Å². The molecule has 2 fully saturated rings. The van der Waals surface area contributed by atoms with Crippen LogP contribution in [0.1, 0.15) is 44.1 Å². The first kappa shape index (κ1) is 13.3. The molecule has 1 aromatic carbocycles. The van der Waals surface area contributed by atoms with Crippen LogP contribution in [0.15, 0.2) is 18.2 Å². The highest BCUT2D eigenvalue weighted by atomic mass is 35.5. The summed E-state index contributed by atoms with van der Waals surface area (Å²) in [4.78, 5) is 0. The summed E-state index contributed by atoms with van der Waals surface area (Å²) in [6.07, 6.45) is 7.99. The van der Waals surface area contributed by atoms with Gasteiger partial charge < -0.3 is 10.1 Å². The van der Waals surface area contributed by atoms with Crippen molar-refractivity contribution in [2.75, 3.05) is 6.61 Å². The topological polar surface area (TPSA) is 21.3 Å². The summed E-state index contributed by atoms with van der Waals surface area (Å²) in [6.45, 7) is 1.73. The van der Waals surface area contributed by atoms with Gasteiger partial charge in [-0.1, -0.05) is 24.4 Å². The lowest BCUT2D eigenvalue weighted by molar-refractivity contribution is 0.249. The fraction of sp³-hybridized carbons (Fsp3) is 0.625. The lowest BCUT2D eigenvalue weighted by atomic mass is 10.1. The van der Waals surface area contributed by atoms with E-state index < -0.39 is 0 Å². The standard InChI is InChI=1S/C16H22ClNO/c17-14-5-8-16(19-11-12-3-1-2-4-12)13(9-14)10-18-15-6-7-15/h5,8-9,12,15,18H,1-4,6-7,10-11H2. The van der Waals surface area contributed by atoms with E-state index in [9.17, 15) is 0 Å². The molecule has 0 amide bonds. The summed E-state index contributed by atoms with van der Waals surface area (Å²) in [5.74, 6) is 1.75. The third kappa shape index (κ3) is 3.87. The molecule has 0 bridgehead atoms. The number of nitrogens with one attached hydrogen (secondary N) is 1. The van der Waals surface area contributed by atoms with Crippen molar-refractivity contribution < 1.29 is 4.74 Å². The van der Waals surface area contributed by atoms with E-state index in [4.69, 9.17) is 16.3 Å². The Kier molecular flexibility index (Phi) is 4.29. The van der Waals surface area contributed by atoms with Gasteiger partial charge in [-0.25, -0.2) is 0 Å². The molecule has 0 aliphatic heterocycles. The van der Waals surface area contributed by atoms with Crippen molar-refractivity contribution in [3.63, 3.8) is 0 Å². The predicted molar refractivity (Wildman–Crippen MR) is 78.8 cm³/mol. The van der Waals surface area contributed by atoms with Crippen molar-refractivity contribution in [2.45, 2.75) is 51.1 Å². The Morgan fingerprint density at radius 1 is 1.16 bits per heavy atom. The number of ether oxygens (including phenoxy) is 1. The smallest absolute Gasteiger partial charge is 0.123 e. The molecule has 0 radical (unpaired) electrons. The largest absolute Gasteiger partial charge is 0.493 e. The van der Waals surface area contributed by atoms with Gasteiger partial charge in [0.15, 0.2) is 0 Å². The zero-order valence-corrected chi connectivity index (χ0v) is 12.1. The molecule has 3 rings (SSSR count). The van der Waals surface area contributed by atoms with Gasteiger partial charge in [-0.3, -0.25) is 0 Å². The van der Waals surface area contributed by atoms with Gasteiger partial charge in [0.05, 0.1) is 6.61 Å². The first-order valence-electron chi connectivity index (χ1n) is 7.46. The monoisotopic (exact) mass is 279 g/mol. The Morgan fingerprint density at radius 3 is 2.68 bits per heavy atom. The van der Waals surface area contributed by atoms with E-state index in [-0.39, 0.29) is 0 Å². The maximum atomic E-state index is 6.09. The number of hydrogen-bond acceptors (Lipinski definition) is 2. The van der Waals surface area contributed by atoms with Crippen LogP contribution in [0.25, 0.3) is 0 Å². The molecule has 2 nitrogen and oxygen atoms in total. The molecule has 2 aliphatic rings. The van der Waals surface area contributed by atoms with Gasteiger partial charge in [-0.2, -0.15) is 0 Å². The van der Waals surface area contributed by atoms with Gasteiger partial charge in [0.2, 0.25) is 0 Å². The molecule has 19 heavy (non-hydrogen) atoms. The van der Waals surface area contributed by atoms with Crippen LogP contribution in [0.5, 0.6) is 5.75 Å². The van der Waals surface area contributed by atoms with Gasteiger partial charge >= 0.3 is 0 Å². The number of halogens is 1. The zero-order valence-electron chi connectivity index (χ0n) is 11.3. The quantitative estimate of drug-likeness (QED) is 0.844. The second-order valence-electron chi connectivity index (χ2n) is 5.87. The average Bonchev–Trinajstić information content (AvgIpc) is 3.10. The Labute approximate surface area is 120 Å². The maximum absolute atomic E-state index is 6.09. The summed E-state index contributed by atoms with van der Waals surface area (Å²) in [6, 6.07) is 6.68. The van der Waals surface area contributed by atoms with Crippen molar-refractivity contribution in [3.05, 3.63) is 28.8 Å². The van der Waals surface area contributed by atoms with Gasteiger partial charge in [0.1, 0.15) is 5.75 Å². The highest BCUT2D eigenvalue weighted by Gasteiger charge is 2.21. The molecule has 0 atom stereocenters. The van der Waals surface area contributed by atoms with Gasteiger partial charge in [0.25, 0.3) is 0 Å². The third-order valence-corrected chi connectivity index (χ3v) is 4.37. The molecule has 2 aliphatic carbocycles. The molecular weight excluding hydrogens is 258 g/mol. The summed E-state index contributed by atoms with van der Waals surface area (Å²) in [5.41, 5.74) is 1.19. The van der Waals surface area contributed by atoms with Crippen molar-refractivity contribution in [2.24, 2.45) is 5.92 Å². The molecule has 1 aromatic rings. The first-order valence-corrected chi connectivity index (χ1v) is 7.83. The summed E-state index contributed by atoms with van der Waals surface area (Å²) >= 11 is 6.09. The number of benzene rings is 1. The second-order valence-corrected chi connectivity index (χ2v) is 6.31. The number of hydrogen-bond donors (Lipinski definition) is 1. The molecule has 0 aromatic heterocycles. The minimum absolute atomic E-state index is 0.710. The van der Waals surface area contributed by atoms with E-state index in [1.807, 2.05) is 18.2 Å². The Bertz CT molecular complexity index is 425. The van der Waals surface area contributed by atoms with E-state index in [2.05, 4.69) is 5.32 Å². The lowest BCUT2D eigenvalue weighted by Crippen LogP contribution is -2.17. The molecule has 0 saturated heterocycles. The molecule has 104 valence electrons. The van der Waals surface area contributed by atoms with Crippen LogP contribution in [-0.2, 0) is 6.54 Å². The van der Waals surface area contributed by atoms with Crippen molar-refractivity contribution in [1.82, 2.24) is 5.32 Å². The molecular formula is C16H22ClNO. The minimum atomic E-state index is 0.710. The van der Waals surface area contributed by atoms with E-state index in [1.165, 1.54) is 44.1 Å². The van der Waals surface area contributed by atoms with Crippen molar-refractivity contribution in [3.8, 4) is 5.75 Å². The van der Waals surface area contributed by atoms with Gasteiger partial charge in [-0.05, 0) is 49.8 Å². The predicted octanol–water partition coefficient (Wildman–Crippen LogP) is 4.16. The zero-order chi connectivity index (χ0) is 13.1. The van der Waals surface area contributed by atoms with Gasteiger partial charge in [-0.15, -0.1) is 0 Å². The molecule has 0 heterocycles. The molecule has 0 spiro atoms. The van der Waals surface area contributed by atoms with Crippen molar-refractivity contribution >= 4 is 11.6 Å². The Hall–Kier alpha value is -0.730. The maximum Gasteiger partial charge on any atom is 0.123 e. The van der Waals surface area contributed by atoms with Crippen LogP contribution in [0, 0.1) is 5.92 Å². The van der Waals surface area contributed by atoms with Crippen LogP contribution in [0.3, 0.4) is 0 Å². The normalized spacial score (nSPS) is 19.8. The number of rotatable bonds is 6. The summed E-state index contributed by atoms with van der Waals surface area (Å²) in [5, 5.41) is 4.32. The van der Waals surface area contributed by atoms with Crippen LogP contribution in [0.2, 0.25) is 5.02 Å². The fourth-order valence-electron chi connectivity index (χ4n) is 2.75. The lowest BCUT2D eigenvalue weighted by Gasteiger charge is -2.15. The Morgan fingerprint density at radius 2 is 1.95 bits per heavy atom. The summed E-state index contributed by atoms with van der Waals surface area (Å²) in [7, 11) is 0. The highest BCUT2D eigenvalue weighted by Crippen LogP contribution is 2.28. The first-order chi connectivity index (χ1) is 9.31. The summed E-state index contributed by atoms with van der Waals surface area (Å²) < 4.78 is 6.03. The van der Waals surface area contributed by atoms with E-state index in [0.29, 0.717) is 6.04 Å². The molecule has 3 heteroatoms. The van der Waals surface area contributed by atoms with Crippen molar-refractivity contribution in [1.29, 1.82) is 0 Å². The van der Waals surface area contributed by atoms with E-state index >= 15 is 0 Å². The molecule has 0 unspecified atom stereocenters. The highest BCUT2D eigenvalue weighted by molar-refractivity contribution is 6.30. The SMILES string of the molecule is Clc1ccc(OCC2CCCC2)c(CNC2CC2)c1. The molecule has 1 N–H and O–H groups in total. The second kappa shape index (κ2) is 6.15. The Balaban J connectivity index is 1.60. The van der Waals surface area contributed by atoms with Crippen LogP contribution >= 0.6 is 11.6 Å². The molecule has 2 saturated carbocycles. The average molecular weight is 280 g/mol. The van der Waals surface area contributed by atoms with Crippen LogP contribution in [0.4, 0.5) is 0 Å². The van der Waals surface area contributed by atoms with E-state index in [0.717, 1.165) is 29.8 Å². The van der Waals surface area contributed by atoms with Crippen LogP contribution < -0.4 is 10.1 Å². The minimum Gasteiger partial charge on any atom is -0.493 e. The fourth-order valence-corrected chi connectivity index (χ4v) is 2.95. The van der Waals surface area contributed by atoms with Crippen LogP contribution in [-0.4, -0.2) is 12.6 Å².